The lowest BCUT2D eigenvalue weighted by Crippen LogP contribution is -3.15. The van der Waals surface area contributed by atoms with Crippen molar-refractivity contribution in [3.8, 4) is 22.3 Å². The lowest BCUT2D eigenvalue weighted by Gasteiger charge is -2.37. The third-order valence-electron chi connectivity index (χ3n) is 9.96. The molecule has 0 spiro atoms. The number of quaternary nitrogens is 1. The van der Waals surface area contributed by atoms with Gasteiger partial charge < -0.3 is 0 Å². The van der Waals surface area contributed by atoms with Crippen molar-refractivity contribution in [1.29, 1.82) is 0 Å². The van der Waals surface area contributed by atoms with E-state index in [2.05, 4.69) is 170 Å². The van der Waals surface area contributed by atoms with Crippen molar-refractivity contribution in [1.82, 2.24) is 4.68 Å². The molecule has 0 fully saturated rings. The molecule has 1 aromatic heterocycles. The zero-order valence-electron chi connectivity index (χ0n) is 25.0. The monoisotopic (exact) mass is 565 g/mol. The lowest BCUT2D eigenvalue weighted by atomic mass is 9.82. The lowest BCUT2D eigenvalue weighted by molar-refractivity contribution is -0.910. The highest BCUT2D eigenvalue weighted by Gasteiger charge is 2.42. The number of rotatable bonds is 4. The van der Waals surface area contributed by atoms with Crippen molar-refractivity contribution in [2.24, 2.45) is 0 Å². The molecular formula is C42H33N2+. The van der Waals surface area contributed by atoms with Crippen LogP contribution in [-0.2, 0) is 5.41 Å². The van der Waals surface area contributed by atoms with E-state index in [1.165, 1.54) is 77.0 Å². The number of hydrogen-bond donors (Lipinski definition) is 1. The van der Waals surface area contributed by atoms with E-state index in [1.807, 2.05) is 0 Å². The van der Waals surface area contributed by atoms with E-state index in [4.69, 9.17) is 0 Å². The molecule has 2 aliphatic rings. The summed E-state index contributed by atoms with van der Waals surface area (Å²) in [7, 11) is 0. The van der Waals surface area contributed by atoms with Crippen LogP contribution in [0.1, 0.15) is 42.1 Å². The second-order valence-electron chi connectivity index (χ2n) is 12.7. The molecule has 0 bridgehead atoms. The summed E-state index contributed by atoms with van der Waals surface area (Å²) in [6.45, 7) is 4.74. The maximum absolute atomic E-state index is 2.57. The molecule has 7 aromatic rings. The van der Waals surface area contributed by atoms with E-state index >= 15 is 0 Å². The second-order valence-corrected chi connectivity index (χ2v) is 12.7. The quantitative estimate of drug-likeness (QED) is 0.218. The van der Waals surface area contributed by atoms with Gasteiger partial charge in [-0.3, -0.25) is 0 Å². The van der Waals surface area contributed by atoms with Crippen molar-refractivity contribution in [2.75, 3.05) is 0 Å². The minimum atomic E-state index is -0.0392. The normalized spacial score (nSPS) is 18.1. The summed E-state index contributed by atoms with van der Waals surface area (Å²) in [6.07, 6.45) is 2.46. The molecule has 210 valence electrons. The topological polar surface area (TPSA) is 9.37 Å². The summed E-state index contributed by atoms with van der Waals surface area (Å²) < 4.78 is 2.57. The van der Waals surface area contributed by atoms with E-state index in [9.17, 15) is 0 Å². The first-order valence-electron chi connectivity index (χ1n) is 15.6. The van der Waals surface area contributed by atoms with Crippen LogP contribution >= 0.6 is 0 Å². The summed E-state index contributed by atoms with van der Waals surface area (Å²) >= 11 is 0. The second kappa shape index (κ2) is 9.41. The van der Waals surface area contributed by atoms with E-state index in [0.29, 0.717) is 0 Å². The van der Waals surface area contributed by atoms with Crippen molar-refractivity contribution in [2.45, 2.75) is 25.3 Å². The molecule has 0 radical (unpaired) electrons. The first-order chi connectivity index (χ1) is 21.6. The number of aromatic nitrogens is 1. The molecule has 1 aliphatic carbocycles. The summed E-state index contributed by atoms with van der Waals surface area (Å²) in [6, 6.07) is 53.7. The van der Waals surface area contributed by atoms with Crippen LogP contribution in [0.5, 0.6) is 0 Å². The van der Waals surface area contributed by atoms with Crippen LogP contribution in [-0.4, -0.2) is 4.68 Å². The Kier molecular flexibility index (Phi) is 5.42. The van der Waals surface area contributed by atoms with Crippen LogP contribution in [0.2, 0.25) is 0 Å². The minimum absolute atomic E-state index is 0.0392. The van der Waals surface area contributed by atoms with E-state index in [1.54, 1.807) is 0 Å². The van der Waals surface area contributed by atoms with Crippen LogP contribution in [0.3, 0.4) is 0 Å². The summed E-state index contributed by atoms with van der Waals surface area (Å²) in [5.74, 6) is 0. The first-order valence-corrected chi connectivity index (χ1v) is 15.6. The summed E-state index contributed by atoms with van der Waals surface area (Å²) in [4.78, 5) is 0. The highest BCUT2D eigenvalue weighted by Crippen LogP contribution is 2.50. The van der Waals surface area contributed by atoms with Gasteiger partial charge in [-0.1, -0.05) is 123 Å². The van der Waals surface area contributed by atoms with E-state index in [0.717, 1.165) is 0 Å². The van der Waals surface area contributed by atoms with Gasteiger partial charge in [0.05, 0.1) is 0 Å². The molecule has 2 unspecified atom stereocenters. The van der Waals surface area contributed by atoms with Crippen molar-refractivity contribution < 1.29 is 5.01 Å². The molecule has 2 nitrogen and oxygen atoms in total. The van der Waals surface area contributed by atoms with Crippen LogP contribution in [0.25, 0.3) is 49.8 Å². The standard InChI is InChI=1S/C42H32N2/c1-42(2)36-22-11-9-20-32(36)34-26-41-35(25-37(34)42)33-21-10-12-23-38(33)43(41)44-39(29-16-7-4-8-17-29)27-40(44)31-19-13-18-30(24-31)28-14-5-3-6-15-28/h3-27,40H,1-2H3/p+1. The van der Waals surface area contributed by atoms with Gasteiger partial charge in [-0.25, -0.2) is 0 Å². The largest absolute Gasteiger partial charge is 0.187 e. The van der Waals surface area contributed by atoms with Crippen LogP contribution in [0.4, 0.5) is 0 Å². The summed E-state index contributed by atoms with van der Waals surface area (Å²) in [5, 5.41) is 3.97. The van der Waals surface area contributed by atoms with Crippen molar-refractivity contribution in [3.05, 3.63) is 174 Å². The zero-order valence-corrected chi connectivity index (χ0v) is 25.0. The van der Waals surface area contributed by atoms with E-state index in [-0.39, 0.29) is 11.5 Å². The molecule has 9 rings (SSSR count). The summed E-state index contributed by atoms with van der Waals surface area (Å²) in [5.41, 5.74) is 14.4. The molecule has 1 aliphatic heterocycles. The maximum Gasteiger partial charge on any atom is 0.166 e. The molecule has 2 heteroatoms. The zero-order chi connectivity index (χ0) is 29.4. The molecular weight excluding hydrogens is 532 g/mol. The van der Waals surface area contributed by atoms with Gasteiger partial charge >= 0.3 is 0 Å². The van der Waals surface area contributed by atoms with Crippen molar-refractivity contribution in [3.63, 3.8) is 0 Å². The highest BCUT2D eigenvalue weighted by atomic mass is 15.6. The average Bonchev–Trinajstić information content (AvgIpc) is 3.49. The van der Waals surface area contributed by atoms with Crippen LogP contribution < -0.4 is 5.01 Å². The highest BCUT2D eigenvalue weighted by molar-refractivity contribution is 6.10. The van der Waals surface area contributed by atoms with Crippen LogP contribution in [0.15, 0.2) is 152 Å². The van der Waals surface area contributed by atoms with Gasteiger partial charge in [0.1, 0.15) is 11.0 Å². The molecule has 44 heavy (non-hydrogen) atoms. The number of benzene rings is 6. The Bertz CT molecular complexity index is 2250. The Labute approximate surface area is 258 Å². The third-order valence-corrected chi connectivity index (χ3v) is 9.96. The van der Waals surface area contributed by atoms with Gasteiger partial charge in [0.25, 0.3) is 0 Å². The molecule has 2 atom stereocenters. The number of nitrogens with one attached hydrogen (secondary N) is 1. The Balaban J connectivity index is 1.30. The fourth-order valence-electron chi connectivity index (χ4n) is 7.74. The van der Waals surface area contributed by atoms with Gasteiger partial charge in [-0.05, 0) is 69.8 Å². The Morgan fingerprint density at radius 2 is 1.20 bits per heavy atom. The number of nitrogens with zero attached hydrogens (tertiary/aromatic N) is 1. The first kappa shape index (κ1) is 25.3. The Morgan fingerprint density at radius 1 is 0.523 bits per heavy atom. The van der Waals surface area contributed by atoms with Gasteiger partial charge in [0, 0.05) is 33.4 Å². The maximum atomic E-state index is 2.57. The predicted molar refractivity (Wildman–Crippen MR) is 182 cm³/mol. The smallest absolute Gasteiger partial charge is 0.166 e. The van der Waals surface area contributed by atoms with E-state index < -0.39 is 0 Å². The number of hydrogen-bond acceptors (Lipinski definition) is 0. The van der Waals surface area contributed by atoms with Crippen LogP contribution in [0, 0.1) is 0 Å². The number of para-hydroxylation sites is 1. The molecule has 2 heterocycles. The van der Waals surface area contributed by atoms with Gasteiger partial charge in [-0.15, -0.1) is 0 Å². The Morgan fingerprint density at radius 3 is 2.02 bits per heavy atom. The molecule has 0 saturated carbocycles. The van der Waals surface area contributed by atoms with Gasteiger partial charge in [0.15, 0.2) is 11.7 Å². The molecule has 0 amide bonds. The molecule has 6 aromatic carbocycles. The fraction of sp³-hybridized carbons (Fsp3) is 0.0952. The fourth-order valence-corrected chi connectivity index (χ4v) is 7.74. The number of fused-ring (bicyclic) bond motifs is 6. The van der Waals surface area contributed by atoms with Gasteiger partial charge in [0.2, 0.25) is 0 Å². The van der Waals surface area contributed by atoms with Gasteiger partial charge in [-0.2, -0.15) is 9.69 Å². The third kappa shape index (κ3) is 3.58. The minimum Gasteiger partial charge on any atom is -0.187 e. The van der Waals surface area contributed by atoms with Crippen molar-refractivity contribution >= 4 is 27.5 Å². The SMILES string of the molecule is CC1(C)c2ccccc2-c2cc3c(cc21)c1ccccc1n3[NH+]1C(c2ccccc2)=CC1c1cccc(-c2ccccc2)c1. The predicted octanol–water partition coefficient (Wildman–Crippen LogP) is 9.21. The molecule has 1 N–H and O–H groups in total. The average molecular weight is 566 g/mol. The Hall–Kier alpha value is -5.18. The molecule has 0 saturated heterocycles.